The molecule has 28 heavy (non-hydrogen) atoms. The van der Waals surface area contributed by atoms with Crippen LogP contribution < -0.4 is 10.6 Å². The van der Waals surface area contributed by atoms with Crippen LogP contribution in [0.15, 0.2) is 54.5 Å². The Morgan fingerprint density at radius 3 is 2.86 bits per heavy atom. The molecule has 0 spiro atoms. The molecular weight excluding hydrogens is 394 g/mol. The second kappa shape index (κ2) is 7.61. The predicted octanol–water partition coefficient (Wildman–Crippen LogP) is 4.21. The Labute approximate surface area is 171 Å². The number of nitrogens with zero attached hydrogens (tertiary/aromatic N) is 2. The number of nitrogens with one attached hydrogen (secondary N) is 3. The lowest BCUT2D eigenvalue weighted by Gasteiger charge is -2.21. The van der Waals surface area contributed by atoms with Crippen LogP contribution in [0.5, 0.6) is 0 Å². The van der Waals surface area contributed by atoms with Gasteiger partial charge in [0.1, 0.15) is 17.0 Å². The molecule has 6 nitrogen and oxygen atoms in total. The van der Waals surface area contributed by atoms with E-state index in [1.165, 1.54) is 18.3 Å². The highest BCUT2D eigenvalue weighted by Gasteiger charge is 2.23. The number of rotatable bonds is 4. The minimum Gasteiger partial charge on any atom is -0.368 e. The number of H-pyrrole nitrogens is 1. The highest BCUT2D eigenvalue weighted by molar-refractivity contribution is 7.16. The summed E-state index contributed by atoms with van der Waals surface area (Å²) in [6.45, 7) is 3.50. The van der Waals surface area contributed by atoms with Crippen LogP contribution in [-0.4, -0.2) is 27.0 Å². The van der Waals surface area contributed by atoms with Crippen molar-refractivity contribution in [1.29, 1.82) is 0 Å². The van der Waals surface area contributed by atoms with Gasteiger partial charge in [0.2, 0.25) is 5.91 Å². The molecule has 3 N–H and O–H groups in total. The number of dihydropyridines is 1. The van der Waals surface area contributed by atoms with Gasteiger partial charge in [-0.3, -0.25) is 4.79 Å². The third-order valence-electron chi connectivity index (χ3n) is 4.30. The first-order valence-electron chi connectivity index (χ1n) is 8.71. The van der Waals surface area contributed by atoms with E-state index in [0.29, 0.717) is 5.02 Å². The molecule has 3 heterocycles. The Morgan fingerprint density at radius 2 is 2.14 bits per heavy atom. The van der Waals surface area contributed by atoms with Crippen LogP contribution in [0.2, 0.25) is 5.02 Å². The molecule has 4 rings (SSSR count). The number of hydrogen-bond acceptors (Lipinski definition) is 5. The van der Waals surface area contributed by atoms with Gasteiger partial charge in [-0.1, -0.05) is 29.8 Å². The molecule has 142 valence electrons. The lowest BCUT2D eigenvalue weighted by Crippen LogP contribution is -2.42. The lowest BCUT2D eigenvalue weighted by molar-refractivity contribution is -0.119. The zero-order chi connectivity index (χ0) is 19.7. The van der Waals surface area contributed by atoms with Crippen molar-refractivity contribution in [2.45, 2.75) is 20.0 Å². The molecular formula is C20H18ClN5OS. The standard InChI is InChI=1S/C20H18ClN5OS/c1-11-10-24-16(25-12(2)27)9-14(11)20-26-17(13-5-3-4-6-15(13)21)18(28-20)19-22-7-8-23-19/h3-10,16,24H,1-2H3,(H,22,23)(H,25,27). The highest BCUT2D eigenvalue weighted by atomic mass is 35.5. The van der Waals surface area contributed by atoms with Crippen molar-refractivity contribution in [1.82, 2.24) is 25.6 Å². The van der Waals surface area contributed by atoms with Crippen molar-refractivity contribution < 1.29 is 4.79 Å². The SMILES string of the molecule is CC(=O)NC1C=C(c2nc(-c3ccccc3Cl)c(-c3ncc[nH]3)s2)C(C)=CN1. The van der Waals surface area contributed by atoms with Crippen molar-refractivity contribution in [3.63, 3.8) is 0 Å². The zero-order valence-corrected chi connectivity index (χ0v) is 16.9. The second-order valence-electron chi connectivity index (χ2n) is 6.37. The highest BCUT2D eigenvalue weighted by Crippen LogP contribution is 2.41. The van der Waals surface area contributed by atoms with Crippen LogP contribution in [0.25, 0.3) is 27.5 Å². The molecule has 0 saturated heterocycles. The molecule has 1 amide bonds. The Hall–Kier alpha value is -2.90. The van der Waals surface area contributed by atoms with E-state index >= 15 is 0 Å². The number of amides is 1. The van der Waals surface area contributed by atoms with Gasteiger partial charge in [0.05, 0.1) is 15.6 Å². The molecule has 0 radical (unpaired) electrons. The van der Waals surface area contributed by atoms with Crippen LogP contribution in [0.1, 0.15) is 18.9 Å². The monoisotopic (exact) mass is 411 g/mol. The van der Waals surface area contributed by atoms with Gasteiger partial charge in [0, 0.05) is 36.7 Å². The number of thiazole rings is 1. The number of benzene rings is 1. The first-order chi connectivity index (χ1) is 13.5. The molecule has 1 aromatic carbocycles. The summed E-state index contributed by atoms with van der Waals surface area (Å²) in [5, 5.41) is 7.49. The van der Waals surface area contributed by atoms with Gasteiger partial charge < -0.3 is 15.6 Å². The lowest BCUT2D eigenvalue weighted by atomic mass is 10.1. The summed E-state index contributed by atoms with van der Waals surface area (Å²) in [6.07, 6.45) is 7.08. The van der Waals surface area contributed by atoms with Crippen LogP contribution in [-0.2, 0) is 4.79 Å². The fourth-order valence-corrected chi connectivity index (χ4v) is 4.36. The molecule has 2 aromatic heterocycles. The third kappa shape index (κ3) is 3.58. The number of carbonyl (C=O) groups is 1. The van der Waals surface area contributed by atoms with E-state index in [1.54, 1.807) is 12.4 Å². The normalized spacial score (nSPS) is 16.2. The molecule has 0 saturated carbocycles. The first-order valence-corrected chi connectivity index (χ1v) is 9.90. The molecule has 0 bridgehead atoms. The van der Waals surface area contributed by atoms with Crippen LogP contribution in [0, 0.1) is 0 Å². The van der Waals surface area contributed by atoms with Gasteiger partial charge in [-0.25, -0.2) is 9.97 Å². The molecule has 1 aliphatic heterocycles. The minimum atomic E-state index is -0.282. The van der Waals surface area contributed by atoms with Gasteiger partial charge >= 0.3 is 0 Å². The molecule has 0 aliphatic carbocycles. The average Bonchev–Trinajstić information content (AvgIpc) is 3.32. The minimum absolute atomic E-state index is 0.103. The maximum atomic E-state index is 11.4. The fourth-order valence-electron chi connectivity index (χ4n) is 3.00. The van der Waals surface area contributed by atoms with Crippen LogP contribution in [0.4, 0.5) is 0 Å². The summed E-state index contributed by atoms with van der Waals surface area (Å²) in [5.41, 5.74) is 3.64. The average molecular weight is 412 g/mol. The fraction of sp³-hybridized carbons (Fsp3) is 0.150. The number of allylic oxidation sites excluding steroid dienone is 2. The van der Waals surface area contributed by atoms with Gasteiger partial charge in [-0.05, 0) is 24.6 Å². The van der Waals surface area contributed by atoms with E-state index in [1.807, 2.05) is 43.5 Å². The molecule has 0 fully saturated rings. The first kappa shape index (κ1) is 18.5. The number of aromatic amines is 1. The largest absolute Gasteiger partial charge is 0.368 e. The van der Waals surface area contributed by atoms with Crippen molar-refractivity contribution in [2.75, 3.05) is 0 Å². The summed E-state index contributed by atoms with van der Waals surface area (Å²) in [6, 6.07) is 7.64. The Balaban J connectivity index is 1.84. The van der Waals surface area contributed by atoms with E-state index in [2.05, 4.69) is 20.6 Å². The number of carbonyl (C=O) groups excluding carboxylic acids is 1. The molecule has 8 heteroatoms. The van der Waals surface area contributed by atoms with E-state index in [-0.39, 0.29) is 12.1 Å². The Morgan fingerprint density at radius 1 is 1.32 bits per heavy atom. The number of aromatic nitrogens is 3. The maximum Gasteiger partial charge on any atom is 0.218 e. The van der Waals surface area contributed by atoms with Crippen LogP contribution >= 0.6 is 22.9 Å². The summed E-state index contributed by atoms with van der Waals surface area (Å²) in [7, 11) is 0. The zero-order valence-electron chi connectivity index (χ0n) is 15.3. The topological polar surface area (TPSA) is 82.7 Å². The number of hydrogen-bond donors (Lipinski definition) is 3. The molecule has 1 atom stereocenters. The second-order valence-corrected chi connectivity index (χ2v) is 7.77. The van der Waals surface area contributed by atoms with Gasteiger partial charge in [-0.15, -0.1) is 11.3 Å². The van der Waals surface area contributed by atoms with Gasteiger partial charge in [-0.2, -0.15) is 0 Å². The van der Waals surface area contributed by atoms with Gasteiger partial charge in [0.15, 0.2) is 0 Å². The number of imidazole rings is 1. The Kier molecular flexibility index (Phi) is 5.02. The smallest absolute Gasteiger partial charge is 0.218 e. The summed E-state index contributed by atoms with van der Waals surface area (Å²) in [4.78, 5) is 24.8. The van der Waals surface area contributed by atoms with E-state index in [0.717, 1.165) is 38.1 Å². The van der Waals surface area contributed by atoms with Crippen LogP contribution in [0.3, 0.4) is 0 Å². The van der Waals surface area contributed by atoms with Crippen molar-refractivity contribution >= 4 is 34.4 Å². The van der Waals surface area contributed by atoms with E-state index < -0.39 is 0 Å². The quantitative estimate of drug-likeness (QED) is 0.600. The molecule has 1 aliphatic rings. The maximum absolute atomic E-state index is 11.4. The van der Waals surface area contributed by atoms with E-state index in [9.17, 15) is 4.79 Å². The third-order valence-corrected chi connectivity index (χ3v) is 5.72. The summed E-state index contributed by atoms with van der Waals surface area (Å²) in [5.74, 6) is 0.640. The predicted molar refractivity (Wildman–Crippen MR) is 113 cm³/mol. The Bertz CT molecular complexity index is 1080. The molecule has 1 unspecified atom stereocenters. The molecule has 3 aromatic rings. The summed E-state index contributed by atoms with van der Waals surface area (Å²) >= 11 is 7.99. The summed E-state index contributed by atoms with van der Waals surface area (Å²) < 4.78 is 0. The van der Waals surface area contributed by atoms with Gasteiger partial charge in [0.25, 0.3) is 0 Å². The number of halogens is 1. The van der Waals surface area contributed by atoms with Crippen molar-refractivity contribution in [3.8, 4) is 22.0 Å². The van der Waals surface area contributed by atoms with E-state index in [4.69, 9.17) is 16.6 Å². The van der Waals surface area contributed by atoms with Crippen molar-refractivity contribution in [2.24, 2.45) is 0 Å². The van der Waals surface area contributed by atoms with Crippen molar-refractivity contribution in [3.05, 3.63) is 64.5 Å².